The van der Waals surface area contributed by atoms with Gasteiger partial charge < -0.3 is 4.74 Å². The molecule has 0 aromatic carbocycles. The Hall–Kier alpha value is -1.06. The van der Waals surface area contributed by atoms with Crippen molar-refractivity contribution in [2.75, 3.05) is 25.7 Å². The quantitative estimate of drug-likeness (QED) is 0.721. The van der Waals surface area contributed by atoms with E-state index in [2.05, 4.69) is 10.2 Å². The van der Waals surface area contributed by atoms with Gasteiger partial charge in [0.2, 0.25) is 0 Å². The molecule has 21 heavy (non-hydrogen) atoms. The summed E-state index contributed by atoms with van der Waals surface area (Å²) in [6, 6.07) is -0.150. The Kier molecular flexibility index (Phi) is 6.69. The lowest BCUT2D eigenvalue weighted by Gasteiger charge is -2.25. The second-order valence-electron chi connectivity index (χ2n) is 4.37. The Morgan fingerprint density at radius 1 is 1.52 bits per heavy atom. The van der Waals surface area contributed by atoms with Crippen molar-refractivity contribution in [3.05, 3.63) is 11.8 Å². The minimum absolute atomic E-state index is 0.0669. The van der Waals surface area contributed by atoms with Gasteiger partial charge in [0.05, 0.1) is 12.8 Å². The number of thioether (sulfide) groups is 1. The van der Waals surface area contributed by atoms with Crippen LogP contribution in [0, 0.1) is 0 Å². The lowest BCUT2D eigenvalue weighted by molar-refractivity contribution is 0.0521. The molecule has 1 rings (SSSR count). The van der Waals surface area contributed by atoms with Crippen molar-refractivity contribution < 1.29 is 17.9 Å². The second-order valence-corrected chi connectivity index (χ2v) is 7.22. The molecule has 1 N–H and O–H groups in total. The van der Waals surface area contributed by atoms with Crippen molar-refractivity contribution in [1.29, 1.82) is 0 Å². The molecule has 1 atom stereocenters. The summed E-state index contributed by atoms with van der Waals surface area (Å²) in [5.74, 6) is -0.0223. The third-order valence-corrected chi connectivity index (χ3v) is 5.68. The van der Waals surface area contributed by atoms with Crippen molar-refractivity contribution in [3.63, 3.8) is 0 Å². The molecule has 0 saturated carbocycles. The van der Waals surface area contributed by atoms with E-state index in [-0.39, 0.29) is 23.2 Å². The van der Waals surface area contributed by atoms with Crippen LogP contribution in [0.3, 0.4) is 0 Å². The van der Waals surface area contributed by atoms with Gasteiger partial charge in [0.15, 0.2) is 5.03 Å². The summed E-state index contributed by atoms with van der Waals surface area (Å²) in [4.78, 5) is 11.8. The van der Waals surface area contributed by atoms with Crippen molar-refractivity contribution in [2.45, 2.75) is 31.3 Å². The predicted molar refractivity (Wildman–Crippen MR) is 82.0 cm³/mol. The maximum atomic E-state index is 12.6. The van der Waals surface area contributed by atoms with Crippen molar-refractivity contribution >= 4 is 27.8 Å². The average molecular weight is 335 g/mol. The van der Waals surface area contributed by atoms with Crippen LogP contribution in [0.4, 0.5) is 0 Å². The standard InChI is InChI=1S/C12H21N3O4S2/c1-5-9(8-20-4)15(3)21(17,18)11-10(7-13-14-11)12(16)19-6-2/h7,9H,5-6,8H2,1-4H3,(H,13,14). The van der Waals surface area contributed by atoms with Crippen molar-refractivity contribution in [1.82, 2.24) is 14.5 Å². The molecule has 9 heteroatoms. The summed E-state index contributed by atoms with van der Waals surface area (Å²) in [5, 5.41) is 5.85. The van der Waals surface area contributed by atoms with E-state index in [0.717, 1.165) is 0 Å². The zero-order chi connectivity index (χ0) is 16.0. The topological polar surface area (TPSA) is 92.4 Å². The van der Waals surface area contributed by atoms with E-state index in [4.69, 9.17) is 4.74 Å². The summed E-state index contributed by atoms with van der Waals surface area (Å²) < 4.78 is 31.4. The fraction of sp³-hybridized carbons (Fsp3) is 0.667. The number of aromatic amines is 1. The van der Waals surface area contributed by atoms with Crippen LogP contribution in [-0.2, 0) is 14.8 Å². The van der Waals surface area contributed by atoms with Crippen LogP contribution >= 0.6 is 11.8 Å². The molecule has 1 unspecified atom stereocenters. The molecule has 0 aliphatic carbocycles. The highest BCUT2D eigenvalue weighted by molar-refractivity contribution is 7.98. The maximum Gasteiger partial charge on any atom is 0.342 e. The zero-order valence-corrected chi connectivity index (χ0v) is 14.3. The number of nitrogens with zero attached hydrogens (tertiary/aromatic N) is 2. The van der Waals surface area contributed by atoms with Crippen LogP contribution in [0.25, 0.3) is 0 Å². The smallest absolute Gasteiger partial charge is 0.342 e. The molecule has 1 heterocycles. The first-order valence-corrected chi connectivity index (χ1v) is 9.40. The van der Waals surface area contributed by atoms with Gasteiger partial charge in [0.1, 0.15) is 5.56 Å². The van der Waals surface area contributed by atoms with Crippen LogP contribution in [0.1, 0.15) is 30.6 Å². The molecule has 7 nitrogen and oxygen atoms in total. The van der Waals surface area contributed by atoms with E-state index in [9.17, 15) is 13.2 Å². The monoisotopic (exact) mass is 335 g/mol. The van der Waals surface area contributed by atoms with Crippen LogP contribution in [0.5, 0.6) is 0 Å². The largest absolute Gasteiger partial charge is 0.462 e. The minimum atomic E-state index is -3.82. The van der Waals surface area contributed by atoms with Gasteiger partial charge >= 0.3 is 5.97 Å². The number of H-pyrrole nitrogens is 1. The highest BCUT2D eigenvalue weighted by atomic mass is 32.2. The van der Waals surface area contributed by atoms with Crippen LogP contribution in [0.15, 0.2) is 11.2 Å². The third-order valence-electron chi connectivity index (χ3n) is 3.08. The van der Waals surface area contributed by atoms with Gasteiger partial charge in [-0.1, -0.05) is 6.92 Å². The number of carbonyl (C=O) groups excluding carboxylic acids is 1. The molecule has 1 aromatic rings. The molecular weight excluding hydrogens is 314 g/mol. The minimum Gasteiger partial charge on any atom is -0.462 e. The molecular formula is C12H21N3O4S2. The second kappa shape index (κ2) is 7.81. The first-order chi connectivity index (χ1) is 9.89. The van der Waals surface area contributed by atoms with Crippen molar-refractivity contribution in [2.24, 2.45) is 0 Å². The SMILES string of the molecule is CCOC(=O)c1cn[nH]c1S(=O)(=O)N(C)C(CC)CSC. The molecule has 0 aliphatic heterocycles. The fourth-order valence-corrected chi connectivity index (χ4v) is 4.26. The Morgan fingerprint density at radius 3 is 2.71 bits per heavy atom. The van der Waals surface area contributed by atoms with E-state index in [1.807, 2.05) is 13.2 Å². The Labute approximate surface area is 129 Å². The number of sulfonamides is 1. The fourth-order valence-electron chi connectivity index (χ4n) is 1.84. The summed E-state index contributed by atoms with van der Waals surface area (Å²) in [6.07, 6.45) is 3.77. The number of esters is 1. The predicted octanol–water partition coefficient (Wildman–Crippen LogP) is 1.35. The van der Waals surface area contributed by atoms with Gasteiger partial charge in [0.25, 0.3) is 10.0 Å². The van der Waals surface area contributed by atoms with Gasteiger partial charge in [0, 0.05) is 18.8 Å². The van der Waals surface area contributed by atoms with E-state index in [1.54, 1.807) is 18.7 Å². The Bertz CT molecular complexity index is 571. The number of hydrogen-bond acceptors (Lipinski definition) is 6. The average Bonchev–Trinajstić information content (AvgIpc) is 2.94. The Balaban J connectivity index is 3.14. The molecule has 0 bridgehead atoms. The number of carbonyl (C=O) groups is 1. The molecule has 0 fully saturated rings. The first-order valence-electron chi connectivity index (χ1n) is 6.57. The normalized spacial score (nSPS) is 13.4. The van der Waals surface area contributed by atoms with E-state index in [1.165, 1.54) is 17.5 Å². The molecule has 120 valence electrons. The molecule has 0 radical (unpaired) electrons. The van der Waals surface area contributed by atoms with E-state index < -0.39 is 16.0 Å². The van der Waals surface area contributed by atoms with Crippen LogP contribution in [0.2, 0.25) is 0 Å². The maximum absolute atomic E-state index is 12.6. The summed E-state index contributed by atoms with van der Waals surface area (Å²) in [7, 11) is -2.31. The zero-order valence-electron chi connectivity index (χ0n) is 12.6. The Morgan fingerprint density at radius 2 is 2.19 bits per heavy atom. The van der Waals surface area contributed by atoms with Crippen LogP contribution < -0.4 is 0 Å². The van der Waals surface area contributed by atoms with Crippen molar-refractivity contribution in [3.8, 4) is 0 Å². The lowest BCUT2D eigenvalue weighted by Crippen LogP contribution is -2.39. The van der Waals surface area contributed by atoms with Gasteiger partial charge in [-0.15, -0.1) is 0 Å². The molecule has 0 amide bonds. The number of hydrogen-bond donors (Lipinski definition) is 1. The van der Waals surface area contributed by atoms with Gasteiger partial charge in [-0.2, -0.15) is 21.2 Å². The highest BCUT2D eigenvalue weighted by Crippen LogP contribution is 2.21. The van der Waals surface area contributed by atoms with Crippen LogP contribution in [-0.4, -0.2) is 60.6 Å². The van der Waals surface area contributed by atoms with E-state index in [0.29, 0.717) is 12.2 Å². The van der Waals surface area contributed by atoms with E-state index >= 15 is 0 Å². The van der Waals surface area contributed by atoms with Gasteiger partial charge in [-0.05, 0) is 19.6 Å². The van der Waals surface area contributed by atoms with Gasteiger partial charge in [-0.3, -0.25) is 5.10 Å². The molecule has 0 saturated heterocycles. The number of nitrogens with one attached hydrogen (secondary N) is 1. The van der Waals surface area contributed by atoms with Gasteiger partial charge in [-0.25, -0.2) is 13.2 Å². The highest BCUT2D eigenvalue weighted by Gasteiger charge is 2.32. The number of ether oxygens (including phenoxy) is 1. The number of aromatic nitrogens is 2. The summed E-state index contributed by atoms with van der Waals surface area (Å²) in [6.45, 7) is 3.75. The summed E-state index contributed by atoms with van der Waals surface area (Å²) >= 11 is 1.57. The third kappa shape index (κ3) is 3.98. The summed E-state index contributed by atoms with van der Waals surface area (Å²) in [5.41, 5.74) is -0.0669. The molecule has 1 aromatic heterocycles. The number of rotatable bonds is 8. The molecule has 0 aliphatic rings. The molecule has 0 spiro atoms. The first kappa shape index (κ1) is 18.0. The lowest BCUT2D eigenvalue weighted by atomic mass is 10.3.